The second kappa shape index (κ2) is 8.93. The molecule has 1 fully saturated rings. The van der Waals surface area contributed by atoms with Gasteiger partial charge in [0, 0.05) is 13.1 Å². The fraction of sp³-hybridized carbons (Fsp3) is 0.667. The Morgan fingerprint density at radius 3 is 2.57 bits per heavy atom. The topological polar surface area (TPSA) is 86.7 Å². The molecule has 6 nitrogen and oxygen atoms in total. The van der Waals surface area contributed by atoms with E-state index in [0.717, 1.165) is 5.56 Å². The van der Waals surface area contributed by atoms with Crippen LogP contribution in [0.5, 0.6) is 0 Å². The summed E-state index contributed by atoms with van der Waals surface area (Å²) < 4.78 is 27.3. The highest BCUT2D eigenvalue weighted by atomic mass is 32.2. The zero-order valence-corrected chi connectivity index (χ0v) is 17.7. The van der Waals surface area contributed by atoms with Crippen LogP contribution in [0, 0.1) is 11.8 Å². The monoisotopic (exact) mass is 408 g/mol. The molecule has 156 valence electrons. The first-order valence-electron chi connectivity index (χ1n) is 10.4. The standard InChI is InChI=1S/C21H32N2O4S/c1-15(2)20(21(24)22-25)14-28(26,27)23-11-10-18-12-17(8-9-19(18)13-23)16-6-4-3-5-7-16/h8-9,12,15-16,20,25H,3-7,10-11,13-14H2,1-2H3,(H,22,24). The fourth-order valence-corrected chi connectivity index (χ4v) is 6.37. The zero-order valence-electron chi connectivity index (χ0n) is 16.9. The lowest BCUT2D eigenvalue weighted by Gasteiger charge is -2.31. The molecule has 1 aromatic rings. The molecule has 1 atom stereocenters. The van der Waals surface area contributed by atoms with Crippen LogP contribution in [0.1, 0.15) is 68.6 Å². The largest absolute Gasteiger partial charge is 0.289 e. The van der Waals surface area contributed by atoms with Crippen molar-refractivity contribution in [2.75, 3.05) is 12.3 Å². The van der Waals surface area contributed by atoms with Crippen LogP contribution in [-0.2, 0) is 27.8 Å². The lowest BCUT2D eigenvalue weighted by molar-refractivity contribution is -0.134. The lowest BCUT2D eigenvalue weighted by atomic mass is 9.82. The van der Waals surface area contributed by atoms with Gasteiger partial charge < -0.3 is 0 Å². The van der Waals surface area contributed by atoms with E-state index in [9.17, 15) is 13.2 Å². The number of carbonyl (C=O) groups is 1. The second-order valence-corrected chi connectivity index (χ2v) is 10.6. The molecule has 0 aromatic heterocycles. The summed E-state index contributed by atoms with van der Waals surface area (Å²) in [5.41, 5.74) is 5.31. The number of benzene rings is 1. The SMILES string of the molecule is CC(C)C(CS(=O)(=O)N1CCc2cc(C3CCCCC3)ccc2C1)C(=O)NO. The Morgan fingerprint density at radius 2 is 1.93 bits per heavy atom. The number of sulfonamides is 1. The van der Waals surface area contributed by atoms with Crippen molar-refractivity contribution in [3.63, 3.8) is 0 Å². The first-order valence-corrected chi connectivity index (χ1v) is 12.0. The molecule has 1 amide bonds. The third-order valence-electron chi connectivity index (χ3n) is 6.32. The Hall–Kier alpha value is -1.44. The highest BCUT2D eigenvalue weighted by Gasteiger charge is 2.33. The number of hydrogen-bond acceptors (Lipinski definition) is 4. The Morgan fingerprint density at radius 1 is 1.21 bits per heavy atom. The molecule has 3 rings (SSSR count). The Kier molecular flexibility index (Phi) is 6.78. The number of hydrogen-bond donors (Lipinski definition) is 2. The molecule has 0 radical (unpaired) electrons. The first kappa shape index (κ1) is 21.3. The van der Waals surface area contributed by atoms with Gasteiger partial charge in [-0.3, -0.25) is 10.0 Å². The van der Waals surface area contributed by atoms with Gasteiger partial charge in [0.1, 0.15) is 0 Å². The van der Waals surface area contributed by atoms with Crippen molar-refractivity contribution in [1.82, 2.24) is 9.79 Å². The van der Waals surface area contributed by atoms with Crippen LogP contribution in [0.3, 0.4) is 0 Å². The minimum Gasteiger partial charge on any atom is -0.289 e. The summed E-state index contributed by atoms with van der Waals surface area (Å²) in [6.07, 6.45) is 7.14. The maximum absolute atomic E-state index is 12.9. The van der Waals surface area contributed by atoms with E-state index in [0.29, 0.717) is 25.4 Å². The average Bonchev–Trinajstić information content (AvgIpc) is 2.71. The van der Waals surface area contributed by atoms with Gasteiger partial charge in [0.25, 0.3) is 0 Å². The van der Waals surface area contributed by atoms with Crippen molar-refractivity contribution in [2.24, 2.45) is 11.8 Å². The third kappa shape index (κ3) is 4.75. The van der Waals surface area contributed by atoms with E-state index in [2.05, 4.69) is 18.2 Å². The van der Waals surface area contributed by atoms with Crippen LogP contribution in [-0.4, -0.2) is 36.1 Å². The Balaban J connectivity index is 1.72. The van der Waals surface area contributed by atoms with E-state index in [1.54, 1.807) is 19.3 Å². The number of amides is 1. The molecule has 7 heteroatoms. The molecule has 1 aliphatic heterocycles. The van der Waals surface area contributed by atoms with Crippen LogP contribution in [0.2, 0.25) is 0 Å². The van der Waals surface area contributed by atoms with Gasteiger partial charge >= 0.3 is 0 Å². The van der Waals surface area contributed by atoms with Crippen LogP contribution in [0.15, 0.2) is 18.2 Å². The van der Waals surface area contributed by atoms with E-state index in [4.69, 9.17) is 5.21 Å². The number of hydroxylamine groups is 1. The van der Waals surface area contributed by atoms with Gasteiger partial charge in [-0.05, 0) is 47.8 Å². The molecule has 1 saturated carbocycles. The average molecular weight is 409 g/mol. The quantitative estimate of drug-likeness (QED) is 0.559. The molecule has 0 bridgehead atoms. The number of fused-ring (bicyclic) bond motifs is 1. The third-order valence-corrected chi connectivity index (χ3v) is 8.20. The highest BCUT2D eigenvalue weighted by molar-refractivity contribution is 7.89. The van der Waals surface area contributed by atoms with Gasteiger partial charge in [-0.15, -0.1) is 0 Å². The number of rotatable bonds is 6. The van der Waals surface area contributed by atoms with Crippen molar-refractivity contribution >= 4 is 15.9 Å². The first-order chi connectivity index (χ1) is 13.3. The van der Waals surface area contributed by atoms with Gasteiger partial charge in [-0.1, -0.05) is 51.3 Å². The number of nitrogens with zero attached hydrogens (tertiary/aromatic N) is 1. The normalized spacial score (nSPS) is 20.0. The summed E-state index contributed by atoms with van der Waals surface area (Å²) in [6.45, 7) is 4.37. The smallest absolute Gasteiger partial charge is 0.247 e. The van der Waals surface area contributed by atoms with Crippen molar-refractivity contribution in [3.05, 3.63) is 34.9 Å². The summed E-state index contributed by atoms with van der Waals surface area (Å²) in [6, 6.07) is 6.54. The lowest BCUT2D eigenvalue weighted by Crippen LogP contribution is -2.43. The summed E-state index contributed by atoms with van der Waals surface area (Å²) in [5, 5.41) is 8.92. The molecule has 0 saturated heterocycles. The molecule has 2 aliphatic rings. The molecular weight excluding hydrogens is 376 g/mol. The van der Waals surface area contributed by atoms with Crippen LogP contribution in [0.25, 0.3) is 0 Å². The Bertz CT molecular complexity index is 801. The van der Waals surface area contributed by atoms with Gasteiger partial charge in [0.2, 0.25) is 15.9 Å². The molecule has 1 aliphatic carbocycles. The van der Waals surface area contributed by atoms with E-state index in [1.807, 2.05) is 0 Å². The molecule has 0 spiro atoms. The Labute approximate surface area is 168 Å². The van der Waals surface area contributed by atoms with E-state index >= 15 is 0 Å². The summed E-state index contributed by atoms with van der Waals surface area (Å²) in [4.78, 5) is 11.9. The van der Waals surface area contributed by atoms with Crippen LogP contribution in [0.4, 0.5) is 0 Å². The van der Waals surface area contributed by atoms with Gasteiger partial charge in [0.15, 0.2) is 0 Å². The predicted molar refractivity (Wildman–Crippen MR) is 108 cm³/mol. The maximum Gasteiger partial charge on any atom is 0.247 e. The van der Waals surface area contributed by atoms with Crippen molar-refractivity contribution in [3.8, 4) is 0 Å². The van der Waals surface area contributed by atoms with E-state index in [-0.39, 0.29) is 11.7 Å². The van der Waals surface area contributed by atoms with Gasteiger partial charge in [-0.25, -0.2) is 13.9 Å². The van der Waals surface area contributed by atoms with Crippen LogP contribution >= 0.6 is 0 Å². The maximum atomic E-state index is 12.9. The summed E-state index contributed by atoms with van der Waals surface area (Å²) >= 11 is 0. The summed E-state index contributed by atoms with van der Waals surface area (Å²) in [7, 11) is -3.59. The highest BCUT2D eigenvalue weighted by Crippen LogP contribution is 2.34. The van der Waals surface area contributed by atoms with E-state index in [1.165, 1.54) is 47.5 Å². The van der Waals surface area contributed by atoms with Crippen molar-refractivity contribution in [2.45, 2.75) is 64.8 Å². The molecule has 28 heavy (non-hydrogen) atoms. The number of carbonyl (C=O) groups excluding carboxylic acids is 1. The molecule has 1 aromatic carbocycles. The molecule has 2 N–H and O–H groups in total. The molecular formula is C21H32N2O4S. The minimum absolute atomic E-state index is 0.183. The van der Waals surface area contributed by atoms with E-state index < -0.39 is 21.8 Å². The predicted octanol–water partition coefficient (Wildman–Crippen LogP) is 3.20. The van der Waals surface area contributed by atoms with Crippen LogP contribution < -0.4 is 5.48 Å². The van der Waals surface area contributed by atoms with Crippen molar-refractivity contribution in [1.29, 1.82) is 0 Å². The van der Waals surface area contributed by atoms with Crippen molar-refractivity contribution < 1.29 is 18.4 Å². The minimum atomic E-state index is -3.59. The fourth-order valence-electron chi connectivity index (χ4n) is 4.46. The number of nitrogens with one attached hydrogen (secondary N) is 1. The summed E-state index contributed by atoms with van der Waals surface area (Å²) in [5.74, 6) is -1.24. The van der Waals surface area contributed by atoms with Gasteiger partial charge in [-0.2, -0.15) is 4.31 Å². The molecule has 1 unspecified atom stereocenters. The van der Waals surface area contributed by atoms with Gasteiger partial charge in [0.05, 0.1) is 11.7 Å². The zero-order chi connectivity index (χ0) is 20.3. The molecule has 1 heterocycles. The second-order valence-electron chi connectivity index (χ2n) is 8.55.